The van der Waals surface area contributed by atoms with Crippen LogP contribution in [0.5, 0.6) is 0 Å². The average molecular weight is 360 g/mol. The van der Waals surface area contributed by atoms with Crippen LogP contribution in [0.15, 0.2) is 16.3 Å². The van der Waals surface area contributed by atoms with E-state index in [-0.39, 0.29) is 22.6 Å². The molecule has 0 spiro atoms. The summed E-state index contributed by atoms with van der Waals surface area (Å²) in [4.78, 5) is 0.583. The zero-order valence-corrected chi connectivity index (χ0v) is 13.6. The van der Waals surface area contributed by atoms with Crippen LogP contribution in [0.25, 0.3) is 0 Å². The lowest BCUT2D eigenvalue weighted by atomic mass is 10.3. The molecule has 1 saturated heterocycles. The Morgan fingerprint density at radius 3 is 2.65 bits per heavy atom. The molecular weight excluding hydrogens is 346 g/mol. The van der Waals surface area contributed by atoms with Crippen LogP contribution < -0.4 is 4.72 Å². The number of halogens is 1. The fraction of sp³-hybridized carbons (Fsp3) is 0.600. The Labute approximate surface area is 126 Å². The number of sulfonamides is 1. The molecule has 114 valence electrons. The molecule has 1 aliphatic rings. The molecular formula is C10H14ClNO5S3. The molecule has 0 saturated carbocycles. The van der Waals surface area contributed by atoms with Gasteiger partial charge in [0.15, 0.2) is 0 Å². The first kappa shape index (κ1) is 16.2. The van der Waals surface area contributed by atoms with Crippen molar-refractivity contribution in [2.45, 2.75) is 29.7 Å². The van der Waals surface area contributed by atoms with E-state index < -0.39 is 19.1 Å². The number of hydrogen-bond acceptors (Lipinski definition) is 6. The predicted molar refractivity (Wildman–Crippen MR) is 77.0 cm³/mol. The van der Waals surface area contributed by atoms with Crippen molar-refractivity contribution in [3.8, 4) is 0 Å². The maximum Gasteiger partial charge on any atom is 0.270 e. The standard InChI is InChI=1S/C10H14ClNO5S3/c11-20(15,16)10-4-3-9(18-10)6-12-19(13,14)7-8-2-1-5-17-8/h3-4,8,12H,1-2,5-7H2. The van der Waals surface area contributed by atoms with Gasteiger partial charge in [-0.2, -0.15) is 0 Å². The van der Waals surface area contributed by atoms with Crippen molar-refractivity contribution < 1.29 is 21.6 Å². The van der Waals surface area contributed by atoms with Crippen LogP contribution in [0.1, 0.15) is 17.7 Å². The topological polar surface area (TPSA) is 89.5 Å². The van der Waals surface area contributed by atoms with Gasteiger partial charge in [-0.15, -0.1) is 11.3 Å². The fourth-order valence-corrected chi connectivity index (χ4v) is 5.24. The van der Waals surface area contributed by atoms with Crippen molar-refractivity contribution in [3.05, 3.63) is 17.0 Å². The van der Waals surface area contributed by atoms with E-state index in [1.165, 1.54) is 12.1 Å². The molecule has 1 aliphatic heterocycles. The van der Waals surface area contributed by atoms with Gasteiger partial charge < -0.3 is 4.74 Å². The number of ether oxygens (including phenoxy) is 1. The van der Waals surface area contributed by atoms with Gasteiger partial charge in [0.2, 0.25) is 10.0 Å². The maximum absolute atomic E-state index is 11.8. The molecule has 2 heterocycles. The molecule has 1 aromatic heterocycles. The fourth-order valence-electron chi connectivity index (χ4n) is 1.84. The van der Waals surface area contributed by atoms with Crippen LogP contribution in [0.2, 0.25) is 0 Å². The summed E-state index contributed by atoms with van der Waals surface area (Å²) in [6.07, 6.45) is 1.37. The Morgan fingerprint density at radius 2 is 2.10 bits per heavy atom. The van der Waals surface area contributed by atoms with E-state index in [0.717, 1.165) is 24.2 Å². The first-order valence-corrected chi connectivity index (χ1v) is 10.7. The number of thiophene rings is 1. The van der Waals surface area contributed by atoms with Crippen LogP contribution in [-0.4, -0.2) is 35.3 Å². The Morgan fingerprint density at radius 1 is 1.35 bits per heavy atom. The highest BCUT2D eigenvalue weighted by molar-refractivity contribution is 8.15. The molecule has 0 amide bonds. The molecule has 1 unspecified atom stereocenters. The SMILES string of the molecule is O=S(=O)(CC1CCCO1)NCc1ccc(S(=O)(=O)Cl)s1. The zero-order valence-electron chi connectivity index (χ0n) is 10.4. The summed E-state index contributed by atoms with van der Waals surface area (Å²) in [7, 11) is -2.00. The van der Waals surface area contributed by atoms with Gasteiger partial charge in [-0.3, -0.25) is 0 Å². The largest absolute Gasteiger partial charge is 0.377 e. The summed E-state index contributed by atoms with van der Waals surface area (Å²) in [6, 6.07) is 2.89. The molecule has 0 aliphatic carbocycles. The molecule has 1 atom stereocenters. The summed E-state index contributed by atoms with van der Waals surface area (Å²) in [6.45, 7) is 0.647. The Hall–Kier alpha value is -0.190. The average Bonchev–Trinajstić information content (AvgIpc) is 2.95. The predicted octanol–water partition coefficient (Wildman–Crippen LogP) is 1.27. The molecule has 1 fully saturated rings. The summed E-state index contributed by atoms with van der Waals surface area (Å²) in [5, 5.41) is 0. The summed E-state index contributed by atoms with van der Waals surface area (Å²) >= 11 is 0.945. The van der Waals surface area contributed by atoms with Crippen molar-refractivity contribution in [2.24, 2.45) is 0 Å². The molecule has 1 N–H and O–H groups in total. The lowest BCUT2D eigenvalue weighted by Gasteiger charge is -2.10. The summed E-state index contributed by atoms with van der Waals surface area (Å²) < 4.78 is 53.6. The van der Waals surface area contributed by atoms with Crippen molar-refractivity contribution in [1.82, 2.24) is 4.72 Å². The van der Waals surface area contributed by atoms with Crippen molar-refractivity contribution in [3.63, 3.8) is 0 Å². The van der Waals surface area contributed by atoms with Gasteiger partial charge in [-0.1, -0.05) is 0 Å². The third-order valence-corrected chi connectivity index (χ3v) is 7.35. The van der Waals surface area contributed by atoms with Gasteiger partial charge in [-0.05, 0) is 25.0 Å². The van der Waals surface area contributed by atoms with Gasteiger partial charge in [0.05, 0.1) is 11.9 Å². The second kappa shape index (κ2) is 6.29. The van der Waals surface area contributed by atoms with Gasteiger partial charge in [0.1, 0.15) is 4.21 Å². The van der Waals surface area contributed by atoms with Gasteiger partial charge >= 0.3 is 0 Å². The van der Waals surface area contributed by atoms with E-state index in [1.54, 1.807) is 0 Å². The Kier molecular flexibility index (Phi) is 5.09. The third kappa shape index (κ3) is 4.68. The molecule has 2 rings (SSSR count). The highest BCUT2D eigenvalue weighted by Gasteiger charge is 2.23. The van der Waals surface area contributed by atoms with Crippen LogP contribution in [-0.2, 0) is 30.4 Å². The van der Waals surface area contributed by atoms with E-state index in [4.69, 9.17) is 15.4 Å². The maximum atomic E-state index is 11.8. The van der Waals surface area contributed by atoms with E-state index >= 15 is 0 Å². The molecule has 0 bridgehead atoms. The summed E-state index contributed by atoms with van der Waals surface area (Å²) in [5.74, 6) is -0.0704. The third-order valence-electron chi connectivity index (χ3n) is 2.77. The molecule has 10 heteroatoms. The van der Waals surface area contributed by atoms with E-state index in [0.29, 0.717) is 11.5 Å². The minimum absolute atomic E-state index is 0.00694. The highest BCUT2D eigenvalue weighted by Crippen LogP contribution is 2.24. The van der Waals surface area contributed by atoms with Crippen LogP contribution in [0.4, 0.5) is 0 Å². The van der Waals surface area contributed by atoms with Gasteiger partial charge in [-0.25, -0.2) is 21.6 Å². The molecule has 20 heavy (non-hydrogen) atoms. The lowest BCUT2D eigenvalue weighted by molar-refractivity contribution is 0.127. The minimum atomic E-state index is -3.76. The van der Waals surface area contributed by atoms with Crippen LogP contribution in [0, 0.1) is 0 Å². The first-order chi connectivity index (χ1) is 9.26. The normalized spacial score (nSPS) is 20.4. The minimum Gasteiger partial charge on any atom is -0.377 e. The van der Waals surface area contributed by atoms with Crippen molar-refractivity contribution >= 4 is 41.1 Å². The van der Waals surface area contributed by atoms with Crippen LogP contribution >= 0.6 is 22.0 Å². The van der Waals surface area contributed by atoms with Gasteiger partial charge in [0.25, 0.3) is 9.05 Å². The number of rotatable bonds is 6. The van der Waals surface area contributed by atoms with E-state index in [1.807, 2.05) is 0 Å². The molecule has 0 aromatic carbocycles. The van der Waals surface area contributed by atoms with Crippen molar-refractivity contribution in [2.75, 3.05) is 12.4 Å². The van der Waals surface area contributed by atoms with E-state index in [2.05, 4.69) is 4.72 Å². The van der Waals surface area contributed by atoms with E-state index in [9.17, 15) is 16.8 Å². The second-order valence-electron chi connectivity index (χ2n) is 4.40. The summed E-state index contributed by atoms with van der Waals surface area (Å²) in [5.41, 5.74) is 0. The second-order valence-corrected chi connectivity index (χ2v) is 10.2. The number of nitrogens with one attached hydrogen (secondary N) is 1. The smallest absolute Gasteiger partial charge is 0.270 e. The number of hydrogen-bond donors (Lipinski definition) is 1. The zero-order chi connectivity index (χ0) is 14.8. The first-order valence-electron chi connectivity index (χ1n) is 5.88. The van der Waals surface area contributed by atoms with Gasteiger partial charge in [0, 0.05) is 28.7 Å². The molecule has 6 nitrogen and oxygen atoms in total. The quantitative estimate of drug-likeness (QED) is 0.772. The van der Waals surface area contributed by atoms with Crippen LogP contribution in [0.3, 0.4) is 0 Å². The molecule has 0 radical (unpaired) electrons. The molecule has 1 aromatic rings. The lowest BCUT2D eigenvalue weighted by Crippen LogP contribution is -2.31. The van der Waals surface area contributed by atoms with Crippen molar-refractivity contribution in [1.29, 1.82) is 0 Å². The highest BCUT2D eigenvalue weighted by atomic mass is 35.7. The monoisotopic (exact) mass is 359 g/mol. The Balaban J connectivity index is 1.92. The Bertz CT molecular complexity index is 661.